The highest BCUT2D eigenvalue weighted by molar-refractivity contribution is 6.02. The molecule has 0 fully saturated rings. The van der Waals surface area contributed by atoms with Crippen LogP contribution in [0.25, 0.3) is 10.9 Å². The maximum absolute atomic E-state index is 11.8. The van der Waals surface area contributed by atoms with E-state index in [1.807, 2.05) is 6.92 Å². The third kappa shape index (κ3) is 2.60. The highest BCUT2D eigenvalue weighted by atomic mass is 16.6. The Hall–Kier alpha value is -2.08. The second-order valence-corrected chi connectivity index (χ2v) is 3.71. The standard InChI is InChI=1S/C12H15N3O3/c1-2-17-5-6-18-12(16)11-9-7-8(13)3-4-10(9)14-15-11/h3-4,7H,2,5-6,13H2,1H3,(H,14,15). The van der Waals surface area contributed by atoms with E-state index in [0.29, 0.717) is 24.3 Å². The molecular weight excluding hydrogens is 234 g/mol. The molecule has 0 aliphatic carbocycles. The van der Waals surface area contributed by atoms with E-state index in [9.17, 15) is 4.79 Å². The molecule has 18 heavy (non-hydrogen) atoms. The van der Waals surface area contributed by atoms with Gasteiger partial charge in [-0.3, -0.25) is 5.10 Å². The number of anilines is 1. The van der Waals surface area contributed by atoms with Crippen molar-refractivity contribution in [3.8, 4) is 0 Å². The monoisotopic (exact) mass is 249 g/mol. The van der Waals surface area contributed by atoms with Gasteiger partial charge in [-0.2, -0.15) is 5.10 Å². The minimum Gasteiger partial charge on any atom is -0.458 e. The van der Waals surface area contributed by atoms with Crippen LogP contribution in [-0.4, -0.2) is 36.0 Å². The summed E-state index contributed by atoms with van der Waals surface area (Å²) >= 11 is 0. The second-order valence-electron chi connectivity index (χ2n) is 3.71. The summed E-state index contributed by atoms with van der Waals surface area (Å²) in [7, 11) is 0. The number of nitrogen functional groups attached to an aromatic ring is 1. The molecule has 2 rings (SSSR count). The first-order chi connectivity index (χ1) is 8.72. The van der Waals surface area contributed by atoms with E-state index in [0.717, 1.165) is 5.52 Å². The fourth-order valence-corrected chi connectivity index (χ4v) is 1.59. The first-order valence-electron chi connectivity index (χ1n) is 5.71. The average Bonchev–Trinajstić information content (AvgIpc) is 2.77. The first kappa shape index (κ1) is 12.4. The summed E-state index contributed by atoms with van der Waals surface area (Å²) in [5.74, 6) is -0.480. The highest BCUT2D eigenvalue weighted by Crippen LogP contribution is 2.19. The van der Waals surface area contributed by atoms with Crippen molar-refractivity contribution in [1.82, 2.24) is 10.2 Å². The number of fused-ring (bicyclic) bond motifs is 1. The number of H-pyrrole nitrogens is 1. The number of nitrogens with two attached hydrogens (primary N) is 1. The summed E-state index contributed by atoms with van der Waals surface area (Å²) in [4.78, 5) is 11.8. The van der Waals surface area contributed by atoms with Crippen LogP contribution in [0.4, 0.5) is 5.69 Å². The minimum absolute atomic E-state index is 0.212. The van der Waals surface area contributed by atoms with Gasteiger partial charge < -0.3 is 15.2 Å². The van der Waals surface area contributed by atoms with Crippen molar-refractivity contribution in [1.29, 1.82) is 0 Å². The zero-order valence-electron chi connectivity index (χ0n) is 10.1. The molecule has 0 spiro atoms. The number of nitrogens with zero attached hydrogens (tertiary/aromatic N) is 1. The predicted octanol–water partition coefficient (Wildman–Crippen LogP) is 1.34. The molecule has 0 unspecified atom stereocenters. The van der Waals surface area contributed by atoms with Gasteiger partial charge in [-0.15, -0.1) is 0 Å². The number of benzene rings is 1. The zero-order valence-corrected chi connectivity index (χ0v) is 10.1. The molecule has 0 radical (unpaired) electrons. The number of esters is 1. The lowest BCUT2D eigenvalue weighted by Gasteiger charge is -2.03. The van der Waals surface area contributed by atoms with Crippen LogP contribution in [0.3, 0.4) is 0 Å². The fourth-order valence-electron chi connectivity index (χ4n) is 1.59. The lowest BCUT2D eigenvalue weighted by molar-refractivity contribution is 0.0331. The van der Waals surface area contributed by atoms with Crippen LogP contribution in [0.2, 0.25) is 0 Å². The Labute approximate surface area is 104 Å². The molecule has 2 aromatic rings. The molecule has 1 aromatic heterocycles. The fraction of sp³-hybridized carbons (Fsp3) is 0.333. The van der Waals surface area contributed by atoms with Crippen molar-refractivity contribution in [2.24, 2.45) is 0 Å². The Morgan fingerprint density at radius 3 is 3.06 bits per heavy atom. The van der Waals surface area contributed by atoms with Crippen molar-refractivity contribution >= 4 is 22.6 Å². The lowest BCUT2D eigenvalue weighted by Crippen LogP contribution is -2.11. The topological polar surface area (TPSA) is 90.2 Å². The van der Waals surface area contributed by atoms with Gasteiger partial charge in [0.1, 0.15) is 6.61 Å². The molecule has 3 N–H and O–H groups in total. The maximum atomic E-state index is 11.8. The lowest BCUT2D eigenvalue weighted by atomic mass is 10.2. The van der Waals surface area contributed by atoms with Crippen LogP contribution in [0.15, 0.2) is 18.2 Å². The summed E-state index contributed by atoms with van der Waals surface area (Å²) in [5, 5.41) is 7.36. The van der Waals surface area contributed by atoms with Gasteiger partial charge in [0.25, 0.3) is 0 Å². The van der Waals surface area contributed by atoms with Crippen molar-refractivity contribution in [2.75, 3.05) is 25.6 Å². The summed E-state index contributed by atoms with van der Waals surface area (Å²) in [6.45, 7) is 3.07. The number of carbonyl (C=O) groups excluding carboxylic acids is 1. The summed E-state index contributed by atoms with van der Waals surface area (Å²) in [5.41, 5.74) is 7.25. The van der Waals surface area contributed by atoms with Crippen LogP contribution >= 0.6 is 0 Å². The van der Waals surface area contributed by atoms with Gasteiger partial charge in [0.05, 0.1) is 12.1 Å². The van der Waals surface area contributed by atoms with Crippen LogP contribution in [0.5, 0.6) is 0 Å². The second kappa shape index (κ2) is 5.50. The number of hydrogen-bond donors (Lipinski definition) is 2. The van der Waals surface area contributed by atoms with Gasteiger partial charge >= 0.3 is 5.97 Å². The molecule has 0 atom stereocenters. The van der Waals surface area contributed by atoms with E-state index < -0.39 is 5.97 Å². The molecule has 6 nitrogen and oxygen atoms in total. The highest BCUT2D eigenvalue weighted by Gasteiger charge is 2.15. The van der Waals surface area contributed by atoms with Gasteiger partial charge in [0.2, 0.25) is 0 Å². The number of aromatic amines is 1. The Kier molecular flexibility index (Phi) is 3.78. The molecule has 0 bridgehead atoms. The summed E-state index contributed by atoms with van der Waals surface area (Å²) in [6.07, 6.45) is 0. The van der Waals surface area contributed by atoms with Gasteiger partial charge in [0.15, 0.2) is 5.69 Å². The van der Waals surface area contributed by atoms with Crippen LogP contribution in [0, 0.1) is 0 Å². The number of carbonyl (C=O) groups is 1. The largest absolute Gasteiger partial charge is 0.458 e. The quantitative estimate of drug-likeness (QED) is 0.474. The Bertz CT molecular complexity index is 550. The van der Waals surface area contributed by atoms with Crippen LogP contribution in [0.1, 0.15) is 17.4 Å². The van der Waals surface area contributed by atoms with Gasteiger partial charge in [0, 0.05) is 17.7 Å². The van der Waals surface area contributed by atoms with Crippen molar-refractivity contribution in [2.45, 2.75) is 6.92 Å². The number of ether oxygens (including phenoxy) is 2. The molecule has 6 heteroatoms. The molecule has 1 aromatic carbocycles. The van der Waals surface area contributed by atoms with E-state index in [1.165, 1.54) is 0 Å². The third-order valence-electron chi connectivity index (χ3n) is 2.45. The SMILES string of the molecule is CCOCCOC(=O)c1n[nH]c2ccc(N)cc12. The number of nitrogens with one attached hydrogen (secondary N) is 1. The summed E-state index contributed by atoms with van der Waals surface area (Å²) in [6, 6.07) is 5.21. The van der Waals surface area contributed by atoms with E-state index in [1.54, 1.807) is 18.2 Å². The zero-order chi connectivity index (χ0) is 13.0. The number of hydrogen-bond acceptors (Lipinski definition) is 5. The Balaban J connectivity index is 2.10. The van der Waals surface area contributed by atoms with E-state index in [4.69, 9.17) is 15.2 Å². The molecule has 0 aliphatic rings. The van der Waals surface area contributed by atoms with Crippen LogP contribution < -0.4 is 5.73 Å². The molecule has 0 saturated carbocycles. The Morgan fingerprint density at radius 1 is 1.44 bits per heavy atom. The normalized spacial score (nSPS) is 10.7. The average molecular weight is 249 g/mol. The van der Waals surface area contributed by atoms with Crippen molar-refractivity contribution < 1.29 is 14.3 Å². The molecule has 0 saturated heterocycles. The number of rotatable bonds is 5. The van der Waals surface area contributed by atoms with Gasteiger partial charge in [-0.05, 0) is 25.1 Å². The maximum Gasteiger partial charge on any atom is 0.359 e. The van der Waals surface area contributed by atoms with Gasteiger partial charge in [-0.25, -0.2) is 4.79 Å². The number of aromatic nitrogens is 2. The van der Waals surface area contributed by atoms with Crippen molar-refractivity contribution in [3.63, 3.8) is 0 Å². The minimum atomic E-state index is -0.480. The molecule has 0 amide bonds. The molecule has 0 aliphatic heterocycles. The van der Waals surface area contributed by atoms with E-state index in [-0.39, 0.29) is 12.3 Å². The molecule has 1 heterocycles. The molecule has 96 valence electrons. The van der Waals surface area contributed by atoms with Crippen molar-refractivity contribution in [3.05, 3.63) is 23.9 Å². The third-order valence-corrected chi connectivity index (χ3v) is 2.45. The van der Waals surface area contributed by atoms with Crippen LogP contribution in [-0.2, 0) is 9.47 Å². The predicted molar refractivity (Wildman–Crippen MR) is 67.3 cm³/mol. The van der Waals surface area contributed by atoms with E-state index >= 15 is 0 Å². The Morgan fingerprint density at radius 2 is 2.28 bits per heavy atom. The summed E-state index contributed by atoms with van der Waals surface area (Å²) < 4.78 is 10.1. The smallest absolute Gasteiger partial charge is 0.359 e. The first-order valence-corrected chi connectivity index (χ1v) is 5.71. The van der Waals surface area contributed by atoms with E-state index in [2.05, 4.69) is 10.2 Å². The van der Waals surface area contributed by atoms with Gasteiger partial charge in [-0.1, -0.05) is 0 Å². The molecular formula is C12H15N3O3.